The van der Waals surface area contributed by atoms with E-state index in [0.717, 1.165) is 5.52 Å². The molecule has 1 aromatic heterocycles. The third-order valence-electron chi connectivity index (χ3n) is 3.50. The summed E-state index contributed by atoms with van der Waals surface area (Å²) in [7, 11) is 0. The van der Waals surface area contributed by atoms with E-state index >= 15 is 0 Å². The molecule has 0 fully saturated rings. The number of ether oxygens (including phenoxy) is 2. The maximum absolute atomic E-state index is 12.0. The van der Waals surface area contributed by atoms with E-state index < -0.39 is 0 Å². The average molecular weight is 322 g/mol. The lowest BCUT2D eigenvalue weighted by Gasteiger charge is -2.18. The molecule has 0 aliphatic carbocycles. The zero-order valence-corrected chi connectivity index (χ0v) is 12.7. The molecule has 6 heteroatoms. The second-order valence-corrected chi connectivity index (χ2v) is 5.20. The lowest BCUT2D eigenvalue weighted by Crippen LogP contribution is -2.16. The lowest BCUT2D eigenvalue weighted by molar-refractivity contribution is -0.111. The molecule has 1 N–H and O–H groups in total. The van der Waals surface area contributed by atoms with Crippen LogP contribution in [-0.4, -0.2) is 24.1 Å². The molecule has 1 aliphatic heterocycles. The number of oxazole rings is 1. The van der Waals surface area contributed by atoms with Gasteiger partial charge in [0.25, 0.3) is 0 Å². The predicted octanol–water partition coefficient (Wildman–Crippen LogP) is 3.25. The molecule has 0 saturated heterocycles. The number of carbonyl (C=O) groups excluding carboxylic acids is 1. The van der Waals surface area contributed by atoms with E-state index in [2.05, 4.69) is 10.3 Å². The van der Waals surface area contributed by atoms with Crippen molar-refractivity contribution in [1.82, 2.24) is 4.98 Å². The monoisotopic (exact) mass is 322 g/mol. The zero-order valence-electron chi connectivity index (χ0n) is 12.7. The largest absolute Gasteiger partial charge is 0.486 e. The molecule has 0 bridgehead atoms. The summed E-state index contributed by atoms with van der Waals surface area (Å²) in [6, 6.07) is 12.7. The minimum absolute atomic E-state index is 0.283. The van der Waals surface area contributed by atoms with E-state index in [0.29, 0.717) is 41.9 Å². The van der Waals surface area contributed by atoms with Crippen molar-refractivity contribution in [3.05, 3.63) is 54.4 Å². The van der Waals surface area contributed by atoms with Gasteiger partial charge in [0.05, 0.1) is 0 Å². The molecular weight excluding hydrogens is 308 g/mol. The van der Waals surface area contributed by atoms with E-state index in [-0.39, 0.29) is 5.91 Å². The third-order valence-corrected chi connectivity index (χ3v) is 3.50. The average Bonchev–Trinajstić information content (AvgIpc) is 3.03. The summed E-state index contributed by atoms with van der Waals surface area (Å²) in [5.74, 6) is 1.41. The number of benzene rings is 2. The molecule has 2 aromatic carbocycles. The Balaban J connectivity index is 1.46. The van der Waals surface area contributed by atoms with Crippen LogP contribution in [0.3, 0.4) is 0 Å². The minimum Gasteiger partial charge on any atom is -0.486 e. The number of fused-ring (bicyclic) bond motifs is 2. The zero-order chi connectivity index (χ0) is 16.4. The van der Waals surface area contributed by atoms with Gasteiger partial charge in [-0.05, 0) is 24.3 Å². The molecule has 1 aliphatic rings. The van der Waals surface area contributed by atoms with Gasteiger partial charge < -0.3 is 19.2 Å². The van der Waals surface area contributed by atoms with Gasteiger partial charge in [-0.15, -0.1) is 0 Å². The summed E-state index contributed by atoms with van der Waals surface area (Å²) in [6.07, 6.45) is 2.91. The Hall–Kier alpha value is -3.28. The van der Waals surface area contributed by atoms with Gasteiger partial charge in [-0.3, -0.25) is 4.79 Å². The van der Waals surface area contributed by atoms with Crippen molar-refractivity contribution in [2.75, 3.05) is 18.5 Å². The van der Waals surface area contributed by atoms with Crippen LogP contribution in [0, 0.1) is 0 Å². The fourth-order valence-corrected chi connectivity index (χ4v) is 2.41. The van der Waals surface area contributed by atoms with Crippen LogP contribution in [0.15, 0.2) is 53.0 Å². The highest BCUT2D eigenvalue weighted by Crippen LogP contribution is 2.32. The van der Waals surface area contributed by atoms with Crippen molar-refractivity contribution in [3.8, 4) is 11.5 Å². The van der Waals surface area contributed by atoms with Gasteiger partial charge in [0.1, 0.15) is 18.7 Å². The number of nitrogens with one attached hydrogen (secondary N) is 1. The van der Waals surface area contributed by atoms with Crippen molar-refractivity contribution < 1.29 is 18.7 Å². The van der Waals surface area contributed by atoms with Crippen molar-refractivity contribution >= 4 is 28.8 Å². The fourth-order valence-electron chi connectivity index (χ4n) is 2.41. The molecule has 0 spiro atoms. The highest BCUT2D eigenvalue weighted by atomic mass is 16.6. The minimum atomic E-state index is -0.283. The summed E-state index contributed by atoms with van der Waals surface area (Å²) in [4.78, 5) is 16.3. The number of rotatable bonds is 3. The van der Waals surface area contributed by atoms with Gasteiger partial charge in [-0.2, -0.15) is 0 Å². The van der Waals surface area contributed by atoms with E-state index in [1.165, 1.54) is 12.2 Å². The normalized spacial score (nSPS) is 13.3. The lowest BCUT2D eigenvalue weighted by atomic mass is 10.2. The van der Waals surface area contributed by atoms with E-state index in [9.17, 15) is 4.79 Å². The van der Waals surface area contributed by atoms with Crippen molar-refractivity contribution in [3.63, 3.8) is 0 Å². The second kappa shape index (κ2) is 6.08. The smallest absolute Gasteiger partial charge is 0.248 e. The summed E-state index contributed by atoms with van der Waals surface area (Å²) < 4.78 is 16.5. The molecule has 0 radical (unpaired) electrons. The number of aromatic nitrogens is 1. The van der Waals surface area contributed by atoms with Gasteiger partial charge in [0.2, 0.25) is 11.8 Å². The van der Waals surface area contributed by atoms with Gasteiger partial charge in [0.15, 0.2) is 17.1 Å². The first-order valence-electron chi connectivity index (χ1n) is 7.52. The Morgan fingerprint density at radius 3 is 2.79 bits per heavy atom. The van der Waals surface area contributed by atoms with Crippen LogP contribution in [0.1, 0.15) is 5.89 Å². The van der Waals surface area contributed by atoms with Gasteiger partial charge in [-0.25, -0.2) is 4.98 Å². The van der Waals surface area contributed by atoms with E-state index in [1.807, 2.05) is 24.3 Å². The highest BCUT2D eigenvalue weighted by molar-refractivity contribution is 6.01. The van der Waals surface area contributed by atoms with Crippen LogP contribution >= 0.6 is 0 Å². The Morgan fingerprint density at radius 2 is 1.92 bits per heavy atom. The quantitative estimate of drug-likeness (QED) is 0.749. The Bertz CT molecular complexity index is 897. The molecule has 0 saturated carbocycles. The molecule has 3 aromatic rings. The van der Waals surface area contributed by atoms with Gasteiger partial charge in [-0.1, -0.05) is 12.1 Å². The van der Waals surface area contributed by atoms with Crippen LogP contribution in [-0.2, 0) is 4.79 Å². The number of carbonyl (C=O) groups is 1. The van der Waals surface area contributed by atoms with Crippen LogP contribution in [0.5, 0.6) is 11.5 Å². The fraction of sp³-hybridized carbons (Fsp3) is 0.111. The first kappa shape index (κ1) is 14.3. The maximum Gasteiger partial charge on any atom is 0.248 e. The summed E-state index contributed by atoms with van der Waals surface area (Å²) in [5, 5.41) is 2.77. The third kappa shape index (κ3) is 2.94. The van der Waals surface area contributed by atoms with E-state index in [1.54, 1.807) is 18.2 Å². The van der Waals surface area contributed by atoms with Crippen molar-refractivity contribution in [2.45, 2.75) is 0 Å². The molecule has 24 heavy (non-hydrogen) atoms. The Kier molecular flexibility index (Phi) is 3.63. The summed E-state index contributed by atoms with van der Waals surface area (Å²) in [6.45, 7) is 1.04. The molecule has 120 valence electrons. The molecule has 1 amide bonds. The van der Waals surface area contributed by atoms with Gasteiger partial charge in [0, 0.05) is 23.9 Å². The SMILES string of the molecule is O=C(/C=C/c1nc2ccccc2o1)Nc1ccc2c(c1)OCCO2. The molecule has 0 atom stereocenters. The Labute approximate surface area is 137 Å². The number of nitrogens with zero attached hydrogens (tertiary/aromatic N) is 1. The number of amides is 1. The molecular formula is C18H14N2O4. The van der Waals surface area contributed by atoms with E-state index in [4.69, 9.17) is 13.9 Å². The van der Waals surface area contributed by atoms with Crippen molar-refractivity contribution in [2.24, 2.45) is 0 Å². The topological polar surface area (TPSA) is 73.6 Å². The number of hydrogen-bond donors (Lipinski definition) is 1. The van der Waals surface area contributed by atoms with Crippen molar-refractivity contribution in [1.29, 1.82) is 0 Å². The highest BCUT2D eigenvalue weighted by Gasteiger charge is 2.12. The summed E-state index contributed by atoms with van der Waals surface area (Å²) >= 11 is 0. The first-order chi connectivity index (χ1) is 11.8. The maximum atomic E-state index is 12.0. The first-order valence-corrected chi connectivity index (χ1v) is 7.52. The summed E-state index contributed by atoms with van der Waals surface area (Å²) in [5.41, 5.74) is 2.07. The van der Waals surface area contributed by atoms with Crippen LogP contribution in [0.2, 0.25) is 0 Å². The van der Waals surface area contributed by atoms with Crippen LogP contribution in [0.4, 0.5) is 5.69 Å². The number of anilines is 1. The second-order valence-electron chi connectivity index (χ2n) is 5.20. The molecule has 2 heterocycles. The Morgan fingerprint density at radius 1 is 1.08 bits per heavy atom. The number of para-hydroxylation sites is 2. The number of hydrogen-bond acceptors (Lipinski definition) is 5. The van der Waals surface area contributed by atoms with Crippen LogP contribution in [0.25, 0.3) is 17.2 Å². The van der Waals surface area contributed by atoms with Crippen LogP contribution < -0.4 is 14.8 Å². The van der Waals surface area contributed by atoms with Gasteiger partial charge >= 0.3 is 0 Å². The standard InChI is InChI=1S/C18H14N2O4/c21-17(7-8-18-20-13-3-1-2-4-14(13)24-18)19-12-5-6-15-16(11-12)23-10-9-22-15/h1-8,11H,9-10H2,(H,19,21)/b8-7+. The molecule has 0 unspecified atom stereocenters. The molecule has 6 nitrogen and oxygen atoms in total. The molecule has 4 rings (SSSR count). The predicted molar refractivity (Wildman–Crippen MR) is 89.1 cm³/mol.